The number of benzene rings is 1. The molecule has 0 spiro atoms. The molecular weight excluding hydrogens is 330 g/mol. The van der Waals surface area contributed by atoms with Crippen molar-refractivity contribution in [3.05, 3.63) is 56.9 Å². The SMILES string of the molecule is C#CCn1ncc(NC(CC)c2ccccc2)c(Br)c1=O. The highest BCUT2D eigenvalue weighted by Gasteiger charge is 2.13. The zero-order chi connectivity index (χ0) is 15.2. The molecule has 0 bridgehead atoms. The molecule has 0 saturated carbocycles. The van der Waals surface area contributed by atoms with E-state index >= 15 is 0 Å². The molecule has 108 valence electrons. The maximum atomic E-state index is 12.1. The van der Waals surface area contributed by atoms with Crippen LogP contribution in [0.3, 0.4) is 0 Å². The fourth-order valence-corrected chi connectivity index (χ4v) is 2.48. The molecule has 2 rings (SSSR count). The fraction of sp³-hybridized carbons (Fsp3) is 0.250. The van der Waals surface area contributed by atoms with Crippen LogP contribution in [-0.4, -0.2) is 9.78 Å². The number of aromatic nitrogens is 2. The van der Waals surface area contributed by atoms with Gasteiger partial charge in [0.15, 0.2) is 0 Å². The first-order chi connectivity index (χ1) is 10.2. The lowest BCUT2D eigenvalue weighted by molar-refractivity contribution is 0.656. The first-order valence-corrected chi connectivity index (χ1v) is 7.47. The Bertz CT molecular complexity index is 704. The number of hydrogen-bond donors (Lipinski definition) is 1. The summed E-state index contributed by atoms with van der Waals surface area (Å²) in [6.07, 6.45) is 7.73. The zero-order valence-corrected chi connectivity index (χ0v) is 13.3. The molecule has 0 radical (unpaired) electrons. The van der Waals surface area contributed by atoms with E-state index < -0.39 is 0 Å². The average Bonchev–Trinajstić information content (AvgIpc) is 2.52. The van der Waals surface area contributed by atoms with Crippen LogP contribution in [0.1, 0.15) is 24.9 Å². The standard InChI is InChI=1S/C16H16BrN3O/c1-3-10-20-16(21)15(17)14(11-18-20)19-13(4-2)12-8-6-5-7-9-12/h1,5-9,11,13,19H,4,10H2,2H3. The minimum atomic E-state index is -0.235. The predicted octanol–water partition coefficient (Wildman–Crippen LogP) is 3.20. The highest BCUT2D eigenvalue weighted by molar-refractivity contribution is 9.10. The van der Waals surface area contributed by atoms with Crippen molar-refractivity contribution < 1.29 is 0 Å². The monoisotopic (exact) mass is 345 g/mol. The Morgan fingerprint density at radius 3 is 2.76 bits per heavy atom. The van der Waals surface area contributed by atoms with Crippen LogP contribution >= 0.6 is 15.9 Å². The topological polar surface area (TPSA) is 46.9 Å². The van der Waals surface area contributed by atoms with Crippen LogP contribution in [0.15, 0.2) is 45.8 Å². The van der Waals surface area contributed by atoms with Gasteiger partial charge in [0.2, 0.25) is 0 Å². The van der Waals surface area contributed by atoms with E-state index in [0.29, 0.717) is 10.2 Å². The molecule has 1 atom stereocenters. The summed E-state index contributed by atoms with van der Waals surface area (Å²) in [5.41, 5.74) is 1.60. The van der Waals surface area contributed by atoms with E-state index in [-0.39, 0.29) is 18.1 Å². The molecule has 0 fully saturated rings. The van der Waals surface area contributed by atoms with Gasteiger partial charge in [-0.25, -0.2) is 4.68 Å². The summed E-state index contributed by atoms with van der Waals surface area (Å²) >= 11 is 3.33. The molecule has 1 aromatic heterocycles. The third kappa shape index (κ3) is 3.53. The fourth-order valence-electron chi connectivity index (χ4n) is 2.06. The van der Waals surface area contributed by atoms with Gasteiger partial charge in [-0.05, 0) is 27.9 Å². The average molecular weight is 346 g/mol. The minimum absolute atomic E-state index is 0.118. The molecule has 0 aliphatic rings. The van der Waals surface area contributed by atoms with E-state index in [1.807, 2.05) is 18.2 Å². The van der Waals surface area contributed by atoms with E-state index in [4.69, 9.17) is 6.42 Å². The van der Waals surface area contributed by atoms with Crippen molar-refractivity contribution in [1.29, 1.82) is 0 Å². The molecule has 0 amide bonds. The summed E-state index contributed by atoms with van der Waals surface area (Å²) in [6.45, 7) is 2.25. The van der Waals surface area contributed by atoms with Crippen LogP contribution in [0.5, 0.6) is 0 Å². The zero-order valence-electron chi connectivity index (χ0n) is 11.7. The highest BCUT2D eigenvalue weighted by Crippen LogP contribution is 2.25. The van der Waals surface area contributed by atoms with E-state index in [0.717, 1.165) is 6.42 Å². The molecule has 0 aliphatic heterocycles. The van der Waals surface area contributed by atoms with Crippen molar-refractivity contribution in [2.75, 3.05) is 5.32 Å². The van der Waals surface area contributed by atoms with Crippen LogP contribution in [0.2, 0.25) is 0 Å². The Morgan fingerprint density at radius 1 is 1.43 bits per heavy atom. The van der Waals surface area contributed by atoms with Gasteiger partial charge in [0.05, 0.1) is 17.9 Å². The summed E-state index contributed by atoms with van der Waals surface area (Å²) in [7, 11) is 0. The number of anilines is 1. The maximum Gasteiger partial charge on any atom is 0.284 e. The molecule has 1 unspecified atom stereocenters. The van der Waals surface area contributed by atoms with Gasteiger partial charge < -0.3 is 5.32 Å². The number of nitrogens with one attached hydrogen (secondary N) is 1. The first-order valence-electron chi connectivity index (χ1n) is 6.68. The van der Waals surface area contributed by atoms with Crippen LogP contribution in [0, 0.1) is 12.3 Å². The Labute approximate surface area is 132 Å². The van der Waals surface area contributed by atoms with E-state index in [9.17, 15) is 4.79 Å². The van der Waals surface area contributed by atoms with Crippen LogP contribution < -0.4 is 10.9 Å². The number of rotatable bonds is 5. The number of hydrogen-bond acceptors (Lipinski definition) is 3. The van der Waals surface area contributed by atoms with E-state index in [2.05, 4.69) is 51.3 Å². The lowest BCUT2D eigenvalue weighted by Gasteiger charge is -2.19. The third-order valence-electron chi connectivity index (χ3n) is 3.17. The molecule has 21 heavy (non-hydrogen) atoms. The summed E-state index contributed by atoms with van der Waals surface area (Å²) < 4.78 is 1.70. The second kappa shape index (κ2) is 7.09. The normalized spacial score (nSPS) is 11.7. The lowest BCUT2D eigenvalue weighted by atomic mass is 10.0. The molecule has 1 N–H and O–H groups in total. The Morgan fingerprint density at radius 2 is 2.14 bits per heavy atom. The van der Waals surface area contributed by atoms with Crippen LogP contribution in [-0.2, 0) is 6.54 Å². The summed E-state index contributed by atoms with van der Waals surface area (Å²) in [6, 6.07) is 10.2. The van der Waals surface area contributed by atoms with Gasteiger partial charge in [-0.3, -0.25) is 4.79 Å². The van der Waals surface area contributed by atoms with Gasteiger partial charge in [-0.2, -0.15) is 5.10 Å². The molecule has 4 nitrogen and oxygen atoms in total. The van der Waals surface area contributed by atoms with Crippen molar-refractivity contribution in [2.24, 2.45) is 0 Å². The Hall–Kier alpha value is -2.06. The molecule has 0 aliphatic carbocycles. The molecule has 5 heteroatoms. The Balaban J connectivity index is 2.29. The van der Waals surface area contributed by atoms with Gasteiger partial charge in [0, 0.05) is 0 Å². The smallest absolute Gasteiger partial charge is 0.284 e. The molecule has 1 heterocycles. The number of terminal acetylenes is 1. The second-order valence-corrected chi connectivity index (χ2v) is 5.35. The van der Waals surface area contributed by atoms with E-state index in [1.165, 1.54) is 10.2 Å². The summed E-state index contributed by atoms with van der Waals surface area (Å²) in [4.78, 5) is 12.1. The van der Waals surface area contributed by atoms with Gasteiger partial charge >= 0.3 is 0 Å². The molecule has 0 saturated heterocycles. The van der Waals surface area contributed by atoms with Gasteiger partial charge in [0.1, 0.15) is 11.0 Å². The van der Waals surface area contributed by atoms with Crippen molar-refractivity contribution in [2.45, 2.75) is 25.9 Å². The first kappa shape index (κ1) is 15.3. The van der Waals surface area contributed by atoms with Crippen LogP contribution in [0.4, 0.5) is 5.69 Å². The molecule has 1 aromatic carbocycles. The molecular formula is C16H16BrN3O. The quantitative estimate of drug-likeness (QED) is 0.846. The van der Waals surface area contributed by atoms with Crippen molar-refractivity contribution in [3.8, 4) is 12.3 Å². The van der Waals surface area contributed by atoms with E-state index in [1.54, 1.807) is 6.20 Å². The predicted molar refractivity (Wildman–Crippen MR) is 88.1 cm³/mol. The summed E-state index contributed by atoms with van der Waals surface area (Å²) in [5, 5.41) is 7.43. The van der Waals surface area contributed by atoms with Gasteiger partial charge in [-0.1, -0.05) is 43.2 Å². The molecule has 2 aromatic rings. The number of nitrogens with zero attached hydrogens (tertiary/aromatic N) is 2. The van der Waals surface area contributed by atoms with Gasteiger partial charge in [0.25, 0.3) is 5.56 Å². The number of halogens is 1. The van der Waals surface area contributed by atoms with Crippen molar-refractivity contribution in [1.82, 2.24) is 9.78 Å². The van der Waals surface area contributed by atoms with Gasteiger partial charge in [-0.15, -0.1) is 6.42 Å². The van der Waals surface area contributed by atoms with Crippen LogP contribution in [0.25, 0.3) is 0 Å². The Kier molecular flexibility index (Phi) is 5.18. The largest absolute Gasteiger partial charge is 0.376 e. The lowest BCUT2D eigenvalue weighted by Crippen LogP contribution is -2.24. The highest BCUT2D eigenvalue weighted by atomic mass is 79.9. The maximum absolute atomic E-state index is 12.1. The van der Waals surface area contributed by atoms with Crippen molar-refractivity contribution >= 4 is 21.6 Å². The third-order valence-corrected chi connectivity index (χ3v) is 3.93. The summed E-state index contributed by atoms with van der Waals surface area (Å²) in [5.74, 6) is 2.41. The second-order valence-electron chi connectivity index (χ2n) is 4.56. The van der Waals surface area contributed by atoms with Crippen molar-refractivity contribution in [3.63, 3.8) is 0 Å². The minimum Gasteiger partial charge on any atom is -0.376 e.